The van der Waals surface area contributed by atoms with Crippen molar-refractivity contribution in [3.05, 3.63) is 20.7 Å². The molecule has 0 amide bonds. The Balaban J connectivity index is 1.93. The van der Waals surface area contributed by atoms with Gasteiger partial charge in [-0.2, -0.15) is 0 Å². The third kappa shape index (κ3) is 8.01. The van der Waals surface area contributed by atoms with Crippen molar-refractivity contribution < 1.29 is 60.2 Å². The highest BCUT2D eigenvalue weighted by atomic mass is 32.2. The molecule has 0 bridgehead atoms. The van der Waals surface area contributed by atoms with Crippen molar-refractivity contribution in [2.45, 2.75) is 112 Å². The van der Waals surface area contributed by atoms with Crippen molar-refractivity contribution in [2.24, 2.45) is 0 Å². The number of aliphatic hydroxyl groups is 9. The molecular formula is C25H42O12S3. The molecule has 3 aliphatic heterocycles. The average Bonchev–Trinajstić information content (AvgIpc) is 2.94. The van der Waals surface area contributed by atoms with E-state index >= 15 is 0 Å². The summed E-state index contributed by atoms with van der Waals surface area (Å²) in [5.41, 5.74) is -2.36. The maximum Gasteiger partial charge on any atom is 0.197 e. The standard InChI is InChI=1S/C25H42O12S3/c1-3-4-5-6-7-8-38-23-20(34)22(40-24-18(32)16(30)14(28)11(2)35-24)21(13(10-27)37-23)39-25-19(33)17(31)15(29)12(9-26)36-25/h11-19,24-34H,3-10H2,1-2H3/t11-,12+,13+,14+,15-,16+,17-,18-,19+,24-,25-/m0/s1. The van der Waals surface area contributed by atoms with Crippen LogP contribution in [0.15, 0.2) is 20.7 Å². The van der Waals surface area contributed by atoms with E-state index in [1.54, 1.807) is 0 Å². The van der Waals surface area contributed by atoms with Crippen LogP contribution in [0.25, 0.3) is 0 Å². The number of ether oxygens (including phenoxy) is 3. The summed E-state index contributed by atoms with van der Waals surface area (Å²) in [6.07, 6.45) is -7.00. The SMILES string of the molecule is CCCCCCCSC1=C(O)C(S[C@@H]2O[C@@H](C)[C@@H](O)[C@@H](O)[C@@H]2O)=C(S[C@@H]2O[C@H](CO)[C@H](O)[C@H](O)[C@H]2O)[C@@H](CO)O1. The monoisotopic (exact) mass is 630 g/mol. The molecule has 0 saturated carbocycles. The van der Waals surface area contributed by atoms with Gasteiger partial charge in [0.2, 0.25) is 0 Å². The van der Waals surface area contributed by atoms with Crippen molar-refractivity contribution >= 4 is 35.3 Å². The largest absolute Gasteiger partial charge is 0.503 e. The first-order chi connectivity index (χ1) is 19.0. The molecule has 11 atom stereocenters. The Labute approximate surface area is 246 Å². The van der Waals surface area contributed by atoms with Crippen LogP contribution in [-0.2, 0) is 14.2 Å². The number of thioether (sulfide) groups is 3. The summed E-state index contributed by atoms with van der Waals surface area (Å²) in [4.78, 5) is 0.311. The van der Waals surface area contributed by atoms with Gasteiger partial charge in [-0.3, -0.25) is 0 Å². The molecule has 3 rings (SSSR count). The lowest BCUT2D eigenvalue weighted by atomic mass is 10.0. The first-order valence-electron chi connectivity index (χ1n) is 13.5. The van der Waals surface area contributed by atoms with Crippen LogP contribution in [-0.4, -0.2) is 131 Å². The lowest BCUT2D eigenvalue weighted by molar-refractivity contribution is -0.205. The highest BCUT2D eigenvalue weighted by Crippen LogP contribution is 2.48. The topological polar surface area (TPSA) is 210 Å². The number of aliphatic hydroxyl groups excluding tert-OH is 9. The van der Waals surface area contributed by atoms with E-state index in [9.17, 15) is 46.0 Å². The van der Waals surface area contributed by atoms with Crippen LogP contribution < -0.4 is 0 Å². The van der Waals surface area contributed by atoms with Gasteiger partial charge in [-0.1, -0.05) is 67.9 Å². The lowest BCUT2D eigenvalue weighted by Crippen LogP contribution is -2.57. The Kier molecular flexibility index (Phi) is 13.7. The first kappa shape index (κ1) is 34.2. The molecule has 0 spiro atoms. The van der Waals surface area contributed by atoms with Crippen molar-refractivity contribution in [3.8, 4) is 0 Å². The van der Waals surface area contributed by atoms with E-state index in [0.29, 0.717) is 5.75 Å². The second-order valence-corrected chi connectivity index (χ2v) is 13.3. The van der Waals surface area contributed by atoms with E-state index in [2.05, 4.69) is 6.92 Å². The molecule has 0 aromatic carbocycles. The third-order valence-corrected chi connectivity index (χ3v) is 10.7. The summed E-state index contributed by atoms with van der Waals surface area (Å²) in [7, 11) is 0. The summed E-state index contributed by atoms with van der Waals surface area (Å²) in [6.45, 7) is 2.49. The molecule has 0 aliphatic carbocycles. The highest BCUT2D eigenvalue weighted by Gasteiger charge is 2.47. The fourth-order valence-corrected chi connectivity index (χ4v) is 8.20. The van der Waals surface area contributed by atoms with Crippen LogP contribution in [0.3, 0.4) is 0 Å². The molecule has 0 radical (unpaired) electrons. The highest BCUT2D eigenvalue weighted by molar-refractivity contribution is 8.07. The predicted octanol–water partition coefficient (Wildman–Crippen LogP) is 0.114. The Morgan fingerprint density at radius 3 is 1.98 bits per heavy atom. The Bertz CT molecular complexity index is 874. The van der Waals surface area contributed by atoms with Gasteiger partial charge in [-0.15, -0.1) is 0 Å². The molecule has 232 valence electrons. The molecule has 0 aromatic rings. The van der Waals surface area contributed by atoms with Crippen LogP contribution in [0.4, 0.5) is 0 Å². The van der Waals surface area contributed by atoms with Gasteiger partial charge in [-0.05, 0) is 13.3 Å². The normalized spacial score (nSPS) is 39.0. The van der Waals surface area contributed by atoms with Gasteiger partial charge < -0.3 is 60.2 Å². The Hall–Kier alpha value is -0.270. The molecule has 40 heavy (non-hydrogen) atoms. The number of unbranched alkanes of at least 4 members (excludes halogenated alkanes) is 4. The summed E-state index contributed by atoms with van der Waals surface area (Å²) in [5, 5.41) is 93.4. The zero-order chi connectivity index (χ0) is 29.6. The fraction of sp³-hybridized carbons (Fsp3) is 0.840. The van der Waals surface area contributed by atoms with Gasteiger partial charge in [0.05, 0.1) is 24.2 Å². The van der Waals surface area contributed by atoms with E-state index in [4.69, 9.17) is 14.2 Å². The molecule has 2 fully saturated rings. The first-order valence-corrected chi connectivity index (χ1v) is 16.2. The van der Waals surface area contributed by atoms with E-state index in [-0.39, 0.29) is 20.7 Å². The van der Waals surface area contributed by atoms with E-state index < -0.39 is 79.0 Å². The zero-order valence-electron chi connectivity index (χ0n) is 22.5. The predicted molar refractivity (Wildman–Crippen MR) is 151 cm³/mol. The molecule has 12 nitrogen and oxygen atoms in total. The van der Waals surface area contributed by atoms with E-state index in [1.165, 1.54) is 18.7 Å². The second kappa shape index (κ2) is 16.0. The maximum absolute atomic E-state index is 11.3. The van der Waals surface area contributed by atoms with Crippen molar-refractivity contribution in [1.29, 1.82) is 0 Å². The van der Waals surface area contributed by atoms with Crippen molar-refractivity contribution in [2.75, 3.05) is 19.0 Å². The van der Waals surface area contributed by atoms with E-state index in [1.807, 2.05) is 0 Å². The van der Waals surface area contributed by atoms with Crippen molar-refractivity contribution in [1.82, 2.24) is 0 Å². The molecule has 3 heterocycles. The quantitative estimate of drug-likeness (QED) is 0.124. The molecule has 3 aliphatic rings. The van der Waals surface area contributed by atoms with Gasteiger partial charge in [-0.25, -0.2) is 0 Å². The Morgan fingerprint density at radius 1 is 0.725 bits per heavy atom. The van der Waals surface area contributed by atoms with Crippen LogP contribution >= 0.6 is 35.3 Å². The molecule has 0 unspecified atom stereocenters. The van der Waals surface area contributed by atoms with Crippen LogP contribution in [0.1, 0.15) is 46.0 Å². The summed E-state index contributed by atoms with van der Waals surface area (Å²) < 4.78 is 17.3. The summed E-state index contributed by atoms with van der Waals surface area (Å²) in [6, 6.07) is 0. The minimum atomic E-state index is -1.64. The molecule has 0 aromatic heterocycles. The second-order valence-electron chi connectivity index (χ2n) is 10.00. The van der Waals surface area contributed by atoms with Crippen LogP contribution in [0.5, 0.6) is 0 Å². The molecule has 9 N–H and O–H groups in total. The summed E-state index contributed by atoms with van der Waals surface area (Å²) >= 11 is 2.93. The van der Waals surface area contributed by atoms with Gasteiger partial charge in [0.25, 0.3) is 0 Å². The third-order valence-electron chi connectivity index (χ3n) is 6.95. The number of hydrogen-bond donors (Lipinski definition) is 9. The summed E-state index contributed by atoms with van der Waals surface area (Å²) in [5.74, 6) is 0.336. The van der Waals surface area contributed by atoms with E-state index in [0.717, 1.165) is 55.6 Å². The Morgan fingerprint density at radius 2 is 1.35 bits per heavy atom. The number of rotatable bonds is 13. The molecular weight excluding hydrogens is 588 g/mol. The number of hydrogen-bond acceptors (Lipinski definition) is 15. The molecule has 2 saturated heterocycles. The fourth-order valence-electron chi connectivity index (χ4n) is 4.45. The minimum absolute atomic E-state index is 0.126. The minimum Gasteiger partial charge on any atom is -0.503 e. The van der Waals surface area contributed by atoms with Gasteiger partial charge >= 0.3 is 0 Å². The average molecular weight is 631 g/mol. The van der Waals surface area contributed by atoms with Gasteiger partial charge in [0.15, 0.2) is 17.0 Å². The maximum atomic E-state index is 11.3. The van der Waals surface area contributed by atoms with Gasteiger partial charge in [0.1, 0.15) is 53.6 Å². The van der Waals surface area contributed by atoms with Crippen LogP contribution in [0, 0.1) is 0 Å². The molecule has 15 heteroatoms. The zero-order valence-corrected chi connectivity index (χ0v) is 24.9. The van der Waals surface area contributed by atoms with Gasteiger partial charge in [0, 0.05) is 10.7 Å². The van der Waals surface area contributed by atoms with Crippen molar-refractivity contribution in [3.63, 3.8) is 0 Å². The lowest BCUT2D eigenvalue weighted by Gasteiger charge is -2.42. The van der Waals surface area contributed by atoms with Crippen LogP contribution in [0.2, 0.25) is 0 Å². The smallest absolute Gasteiger partial charge is 0.197 e.